The third-order valence-electron chi connectivity index (χ3n) is 4.42. The lowest BCUT2D eigenvalue weighted by atomic mass is 10.1. The molecular formula is C20H17FN4O4. The van der Waals surface area contributed by atoms with Gasteiger partial charge in [0.25, 0.3) is 0 Å². The molecule has 1 aliphatic rings. The zero-order valence-electron chi connectivity index (χ0n) is 15.5. The summed E-state index contributed by atoms with van der Waals surface area (Å²) < 4.78 is 25.2. The van der Waals surface area contributed by atoms with E-state index in [0.717, 1.165) is 0 Å². The van der Waals surface area contributed by atoms with Gasteiger partial charge in [0.2, 0.25) is 5.91 Å². The molecule has 8 nitrogen and oxygen atoms in total. The molecule has 3 heterocycles. The number of pyridine rings is 1. The predicted molar refractivity (Wildman–Crippen MR) is 101 cm³/mol. The average molecular weight is 396 g/mol. The van der Waals surface area contributed by atoms with Gasteiger partial charge >= 0.3 is 6.09 Å². The first-order valence-corrected chi connectivity index (χ1v) is 8.92. The predicted octanol–water partition coefficient (Wildman–Crippen LogP) is 3.00. The van der Waals surface area contributed by atoms with Crippen LogP contribution in [0.15, 0.2) is 53.2 Å². The van der Waals surface area contributed by atoms with Crippen molar-refractivity contribution >= 4 is 17.7 Å². The molecule has 29 heavy (non-hydrogen) atoms. The maximum absolute atomic E-state index is 14.7. The summed E-state index contributed by atoms with van der Waals surface area (Å²) in [5.74, 6) is -0.345. The van der Waals surface area contributed by atoms with Gasteiger partial charge in [-0.05, 0) is 30.3 Å². The lowest BCUT2D eigenvalue weighted by Crippen LogP contribution is -2.33. The fourth-order valence-corrected chi connectivity index (χ4v) is 3.01. The van der Waals surface area contributed by atoms with Gasteiger partial charge in [-0.3, -0.25) is 14.7 Å². The summed E-state index contributed by atoms with van der Waals surface area (Å²) in [6.07, 6.45) is 0.540. The van der Waals surface area contributed by atoms with E-state index < -0.39 is 18.0 Å². The molecule has 9 heteroatoms. The van der Waals surface area contributed by atoms with E-state index in [1.165, 1.54) is 24.0 Å². The number of anilines is 1. The van der Waals surface area contributed by atoms with Crippen LogP contribution in [0.25, 0.3) is 22.7 Å². The normalized spacial score (nSPS) is 16.0. The number of nitrogens with one attached hydrogen (secondary N) is 1. The zero-order chi connectivity index (χ0) is 20.4. The molecule has 2 amide bonds. The molecule has 1 aromatic carbocycles. The number of benzene rings is 1. The molecule has 1 aliphatic heterocycles. The van der Waals surface area contributed by atoms with Crippen molar-refractivity contribution in [1.82, 2.24) is 15.5 Å². The Morgan fingerprint density at radius 1 is 1.28 bits per heavy atom. The number of amides is 2. The largest absolute Gasteiger partial charge is 0.442 e. The second-order valence-corrected chi connectivity index (χ2v) is 6.51. The van der Waals surface area contributed by atoms with Gasteiger partial charge in [0, 0.05) is 24.8 Å². The van der Waals surface area contributed by atoms with Crippen LogP contribution in [0.2, 0.25) is 0 Å². The highest BCUT2D eigenvalue weighted by Crippen LogP contribution is 2.30. The molecule has 0 spiro atoms. The van der Waals surface area contributed by atoms with Crippen molar-refractivity contribution in [2.45, 2.75) is 13.0 Å². The second kappa shape index (κ2) is 7.70. The Kier molecular flexibility index (Phi) is 4.94. The van der Waals surface area contributed by atoms with Crippen LogP contribution in [0.1, 0.15) is 6.92 Å². The van der Waals surface area contributed by atoms with Crippen molar-refractivity contribution < 1.29 is 23.2 Å². The molecular weight excluding hydrogens is 379 g/mol. The number of carbonyl (C=O) groups excluding carboxylic acids is 2. The van der Waals surface area contributed by atoms with Crippen LogP contribution in [0, 0.1) is 5.82 Å². The smallest absolute Gasteiger partial charge is 0.414 e. The molecule has 4 rings (SSSR count). The highest BCUT2D eigenvalue weighted by Gasteiger charge is 2.32. The van der Waals surface area contributed by atoms with E-state index in [2.05, 4.69) is 15.5 Å². The maximum atomic E-state index is 14.7. The number of ether oxygens (including phenoxy) is 1. The number of hydrogen-bond acceptors (Lipinski definition) is 6. The molecule has 148 valence electrons. The fourth-order valence-electron chi connectivity index (χ4n) is 3.01. The van der Waals surface area contributed by atoms with E-state index in [9.17, 15) is 14.0 Å². The van der Waals surface area contributed by atoms with Crippen LogP contribution in [0.4, 0.5) is 14.9 Å². The van der Waals surface area contributed by atoms with E-state index >= 15 is 0 Å². The Hall–Kier alpha value is -3.75. The summed E-state index contributed by atoms with van der Waals surface area (Å²) in [7, 11) is 0. The first kappa shape index (κ1) is 18.6. The summed E-state index contributed by atoms with van der Waals surface area (Å²) in [5.41, 5.74) is 1.51. The van der Waals surface area contributed by atoms with Gasteiger partial charge in [-0.25, -0.2) is 9.18 Å². The third-order valence-corrected chi connectivity index (χ3v) is 4.42. The van der Waals surface area contributed by atoms with Crippen LogP contribution in [0.5, 0.6) is 0 Å². The molecule has 0 saturated carbocycles. The molecule has 0 unspecified atom stereocenters. The van der Waals surface area contributed by atoms with Crippen molar-refractivity contribution in [3.05, 3.63) is 54.5 Å². The lowest BCUT2D eigenvalue weighted by molar-refractivity contribution is -0.119. The minimum Gasteiger partial charge on any atom is -0.442 e. The van der Waals surface area contributed by atoms with Crippen LogP contribution in [0.3, 0.4) is 0 Å². The van der Waals surface area contributed by atoms with Crippen molar-refractivity contribution in [3.63, 3.8) is 0 Å². The summed E-state index contributed by atoms with van der Waals surface area (Å²) >= 11 is 0. The van der Waals surface area contributed by atoms with E-state index in [1.54, 1.807) is 30.5 Å². The number of nitrogens with zero attached hydrogens (tertiary/aromatic N) is 3. The van der Waals surface area contributed by atoms with Crippen LogP contribution in [-0.4, -0.2) is 41.3 Å². The zero-order valence-corrected chi connectivity index (χ0v) is 15.5. The van der Waals surface area contributed by atoms with Crippen LogP contribution >= 0.6 is 0 Å². The van der Waals surface area contributed by atoms with Gasteiger partial charge < -0.3 is 14.6 Å². The Bertz CT molecular complexity index is 1050. The van der Waals surface area contributed by atoms with E-state index in [0.29, 0.717) is 22.8 Å². The molecule has 1 saturated heterocycles. The molecule has 3 aromatic rings. The van der Waals surface area contributed by atoms with E-state index in [-0.39, 0.29) is 24.6 Å². The minimum atomic E-state index is -0.591. The van der Waals surface area contributed by atoms with Crippen molar-refractivity contribution in [1.29, 1.82) is 0 Å². The Morgan fingerprint density at radius 3 is 2.86 bits per heavy atom. The van der Waals surface area contributed by atoms with Crippen LogP contribution < -0.4 is 10.2 Å². The quantitative estimate of drug-likeness (QED) is 0.712. The van der Waals surface area contributed by atoms with Crippen LogP contribution in [-0.2, 0) is 9.53 Å². The Morgan fingerprint density at radius 2 is 2.14 bits per heavy atom. The second-order valence-electron chi connectivity index (χ2n) is 6.51. The first-order chi connectivity index (χ1) is 14.0. The summed E-state index contributed by atoms with van der Waals surface area (Å²) in [4.78, 5) is 28.6. The van der Waals surface area contributed by atoms with E-state index in [1.807, 2.05) is 6.07 Å². The molecule has 1 fully saturated rings. The standard InChI is InChI=1S/C20H17FN4O4/c1-12(26)23-10-14-11-25(20(27)28-14)13-5-6-15(16(21)8-13)18-9-19(29-24-18)17-4-2-3-7-22-17/h2-9,14H,10-11H2,1H3,(H,23,26)/t14-/m0/s1. The van der Waals surface area contributed by atoms with Crippen molar-refractivity contribution in [2.24, 2.45) is 0 Å². The van der Waals surface area contributed by atoms with Gasteiger partial charge in [-0.1, -0.05) is 11.2 Å². The SMILES string of the molecule is CC(=O)NC[C@H]1CN(c2ccc(-c3cc(-c4ccccn4)on3)c(F)c2)C(=O)O1. The Balaban J connectivity index is 1.52. The van der Waals surface area contributed by atoms with Gasteiger partial charge in [-0.15, -0.1) is 0 Å². The average Bonchev–Trinajstić information content (AvgIpc) is 3.34. The monoisotopic (exact) mass is 396 g/mol. The summed E-state index contributed by atoms with van der Waals surface area (Å²) in [6.45, 7) is 1.80. The number of hydrogen-bond donors (Lipinski definition) is 1. The lowest BCUT2D eigenvalue weighted by Gasteiger charge is -2.14. The minimum absolute atomic E-state index is 0.202. The number of halogens is 1. The fraction of sp³-hybridized carbons (Fsp3) is 0.200. The van der Waals surface area contributed by atoms with Gasteiger partial charge in [0.1, 0.15) is 23.3 Å². The summed E-state index contributed by atoms with van der Waals surface area (Å²) in [5, 5.41) is 6.52. The number of rotatable bonds is 5. The van der Waals surface area contributed by atoms with E-state index in [4.69, 9.17) is 9.26 Å². The number of carbonyl (C=O) groups is 2. The summed E-state index contributed by atoms with van der Waals surface area (Å²) in [6, 6.07) is 11.3. The third kappa shape index (κ3) is 3.93. The van der Waals surface area contributed by atoms with Crippen molar-refractivity contribution in [3.8, 4) is 22.7 Å². The topological polar surface area (TPSA) is 97.6 Å². The van der Waals surface area contributed by atoms with Gasteiger partial charge in [0.05, 0.1) is 18.8 Å². The highest BCUT2D eigenvalue weighted by molar-refractivity contribution is 5.90. The molecule has 0 bridgehead atoms. The Labute approximate surface area is 165 Å². The number of cyclic esters (lactones) is 1. The molecule has 0 aliphatic carbocycles. The molecule has 1 atom stereocenters. The van der Waals surface area contributed by atoms with Gasteiger partial charge in [0.15, 0.2) is 5.76 Å². The molecule has 1 N–H and O–H groups in total. The van der Waals surface area contributed by atoms with Crippen molar-refractivity contribution in [2.75, 3.05) is 18.0 Å². The first-order valence-electron chi connectivity index (χ1n) is 8.92. The van der Waals surface area contributed by atoms with Gasteiger partial charge in [-0.2, -0.15) is 0 Å². The molecule has 0 radical (unpaired) electrons. The molecule has 2 aromatic heterocycles. The highest BCUT2D eigenvalue weighted by atomic mass is 19.1. The maximum Gasteiger partial charge on any atom is 0.414 e. The number of aromatic nitrogens is 2.